The molecule has 2 N–H and O–H groups in total. The number of thioether (sulfide) groups is 1. The van der Waals surface area contributed by atoms with Crippen molar-refractivity contribution < 1.29 is 28.7 Å². The van der Waals surface area contributed by atoms with Crippen molar-refractivity contribution in [3.8, 4) is 0 Å². The standard InChI is InChI=1S/C31H35N3O6S/c1-2-39-29(36)15-17-41-22-28(35)26(18-23-10-5-3-6-11-23)33-30(37)27(19-24-12-7-4-8-13-24)34-31(38)40-21-25-14-9-16-32-20-25/h3-14,16,20,26-27H,2,15,17-19,21-22H2,1H3,(H,33,37)(H,34,38)/t26-,27-/m0/s1. The lowest BCUT2D eigenvalue weighted by Gasteiger charge is -2.23. The largest absolute Gasteiger partial charge is 0.466 e. The van der Waals surface area contributed by atoms with Crippen LogP contribution >= 0.6 is 11.8 Å². The molecule has 0 fully saturated rings. The molecule has 2 aromatic carbocycles. The number of ketones is 1. The van der Waals surface area contributed by atoms with Crippen LogP contribution in [0.4, 0.5) is 4.79 Å². The van der Waals surface area contributed by atoms with E-state index in [9.17, 15) is 19.2 Å². The van der Waals surface area contributed by atoms with Crippen molar-refractivity contribution in [3.05, 3.63) is 102 Å². The summed E-state index contributed by atoms with van der Waals surface area (Å²) in [4.78, 5) is 55.1. The smallest absolute Gasteiger partial charge is 0.408 e. The second-order valence-corrected chi connectivity index (χ2v) is 10.3. The van der Waals surface area contributed by atoms with Crippen LogP contribution < -0.4 is 10.6 Å². The molecule has 3 rings (SSSR count). The van der Waals surface area contributed by atoms with Gasteiger partial charge < -0.3 is 20.1 Å². The zero-order chi connectivity index (χ0) is 29.3. The minimum atomic E-state index is -0.985. The maximum atomic E-state index is 13.5. The molecule has 41 heavy (non-hydrogen) atoms. The summed E-state index contributed by atoms with van der Waals surface area (Å²) in [5, 5.41) is 5.52. The van der Waals surface area contributed by atoms with Crippen molar-refractivity contribution in [3.63, 3.8) is 0 Å². The number of esters is 1. The number of rotatable bonds is 16. The topological polar surface area (TPSA) is 124 Å². The third-order valence-corrected chi connectivity index (χ3v) is 6.95. The van der Waals surface area contributed by atoms with E-state index in [4.69, 9.17) is 9.47 Å². The molecule has 2 atom stereocenters. The Balaban J connectivity index is 1.68. The molecule has 1 heterocycles. The number of nitrogens with zero attached hydrogens (tertiary/aromatic N) is 1. The summed E-state index contributed by atoms with van der Waals surface area (Å²) in [6, 6.07) is 20.4. The molecule has 0 bridgehead atoms. The summed E-state index contributed by atoms with van der Waals surface area (Å²) in [7, 11) is 0. The van der Waals surface area contributed by atoms with Crippen LogP contribution in [0.2, 0.25) is 0 Å². The van der Waals surface area contributed by atoms with E-state index >= 15 is 0 Å². The third-order valence-electron chi connectivity index (χ3n) is 5.97. The van der Waals surface area contributed by atoms with Crippen molar-refractivity contribution in [1.29, 1.82) is 0 Å². The number of nitrogens with one attached hydrogen (secondary N) is 2. The van der Waals surface area contributed by atoms with E-state index in [1.807, 2.05) is 60.7 Å². The molecule has 9 nitrogen and oxygen atoms in total. The van der Waals surface area contributed by atoms with Crippen LogP contribution in [-0.4, -0.2) is 58.9 Å². The molecule has 0 saturated heterocycles. The number of aromatic nitrogens is 1. The first-order valence-electron chi connectivity index (χ1n) is 13.4. The highest BCUT2D eigenvalue weighted by Crippen LogP contribution is 2.11. The molecule has 3 aromatic rings. The first-order chi connectivity index (χ1) is 19.9. The van der Waals surface area contributed by atoms with Gasteiger partial charge in [-0.05, 0) is 30.5 Å². The van der Waals surface area contributed by atoms with Gasteiger partial charge in [0.2, 0.25) is 5.91 Å². The van der Waals surface area contributed by atoms with Crippen molar-refractivity contribution in [2.24, 2.45) is 0 Å². The fourth-order valence-electron chi connectivity index (χ4n) is 3.90. The zero-order valence-corrected chi connectivity index (χ0v) is 23.8. The number of alkyl carbamates (subject to hydrolysis) is 1. The van der Waals surface area contributed by atoms with Crippen LogP contribution in [0, 0.1) is 0 Å². The summed E-state index contributed by atoms with van der Waals surface area (Å²) in [6.07, 6.45) is 3.14. The molecule has 0 aliphatic carbocycles. The Hall–Kier alpha value is -4.18. The first-order valence-corrected chi connectivity index (χ1v) is 14.6. The number of carbonyl (C=O) groups is 4. The average molecular weight is 578 g/mol. The molecule has 0 saturated carbocycles. The number of pyridine rings is 1. The highest BCUT2D eigenvalue weighted by Gasteiger charge is 2.27. The van der Waals surface area contributed by atoms with Gasteiger partial charge in [0.25, 0.3) is 0 Å². The number of ether oxygens (including phenoxy) is 2. The summed E-state index contributed by atoms with van der Waals surface area (Å²) in [6.45, 7) is 2.05. The number of benzene rings is 2. The normalized spacial score (nSPS) is 12.0. The van der Waals surface area contributed by atoms with E-state index in [0.29, 0.717) is 17.9 Å². The van der Waals surface area contributed by atoms with Gasteiger partial charge in [0.05, 0.1) is 24.8 Å². The van der Waals surface area contributed by atoms with Gasteiger partial charge in [-0.25, -0.2) is 4.79 Å². The van der Waals surface area contributed by atoms with E-state index < -0.39 is 24.1 Å². The van der Waals surface area contributed by atoms with E-state index in [2.05, 4.69) is 15.6 Å². The highest BCUT2D eigenvalue weighted by molar-refractivity contribution is 7.99. The molecule has 2 amide bonds. The van der Waals surface area contributed by atoms with Crippen molar-refractivity contribution >= 4 is 35.5 Å². The lowest BCUT2D eigenvalue weighted by atomic mass is 10.0. The molecular formula is C31H35N3O6S. The predicted molar refractivity (Wildman–Crippen MR) is 157 cm³/mol. The average Bonchev–Trinajstić information content (AvgIpc) is 2.99. The van der Waals surface area contributed by atoms with E-state index in [1.54, 1.807) is 31.5 Å². The molecule has 0 aliphatic heterocycles. The van der Waals surface area contributed by atoms with Crippen molar-refractivity contribution in [1.82, 2.24) is 15.6 Å². The van der Waals surface area contributed by atoms with Crippen LogP contribution in [0.5, 0.6) is 0 Å². The molecule has 0 radical (unpaired) electrons. The Labute approximate surface area is 244 Å². The number of Topliss-reactive ketones (excluding diaryl/α,β-unsaturated/α-hetero) is 1. The SMILES string of the molecule is CCOC(=O)CCSCC(=O)[C@H](Cc1ccccc1)NC(=O)[C@H](Cc1ccccc1)NC(=O)OCc1cccnc1. The van der Waals surface area contributed by atoms with E-state index in [-0.39, 0.29) is 43.4 Å². The predicted octanol–water partition coefficient (Wildman–Crippen LogP) is 3.90. The number of hydrogen-bond donors (Lipinski definition) is 2. The van der Waals surface area contributed by atoms with Gasteiger partial charge in [0, 0.05) is 30.1 Å². The van der Waals surface area contributed by atoms with Gasteiger partial charge >= 0.3 is 12.1 Å². The summed E-state index contributed by atoms with van der Waals surface area (Å²) in [5.41, 5.74) is 2.42. The van der Waals surface area contributed by atoms with Crippen molar-refractivity contribution in [2.75, 3.05) is 18.1 Å². The minimum Gasteiger partial charge on any atom is -0.466 e. The molecule has 0 aliphatic rings. The van der Waals surface area contributed by atoms with Gasteiger partial charge in [-0.2, -0.15) is 11.8 Å². The summed E-state index contributed by atoms with van der Waals surface area (Å²) >= 11 is 1.31. The van der Waals surface area contributed by atoms with Crippen LogP contribution in [-0.2, 0) is 43.3 Å². The Kier molecular flexibility index (Phi) is 13.4. The Bertz CT molecular complexity index is 1240. The Morgan fingerprint density at radius 3 is 2.05 bits per heavy atom. The van der Waals surface area contributed by atoms with Crippen LogP contribution in [0.15, 0.2) is 85.2 Å². The second kappa shape index (κ2) is 17.5. The zero-order valence-electron chi connectivity index (χ0n) is 23.0. The van der Waals surface area contributed by atoms with E-state index in [0.717, 1.165) is 11.1 Å². The van der Waals surface area contributed by atoms with Crippen LogP contribution in [0.25, 0.3) is 0 Å². The Morgan fingerprint density at radius 1 is 0.805 bits per heavy atom. The molecule has 10 heteroatoms. The van der Waals surface area contributed by atoms with Gasteiger partial charge in [-0.3, -0.25) is 19.4 Å². The maximum absolute atomic E-state index is 13.5. The number of amides is 2. The first kappa shape index (κ1) is 31.3. The number of hydrogen-bond acceptors (Lipinski definition) is 8. The monoisotopic (exact) mass is 577 g/mol. The van der Waals surface area contributed by atoms with Crippen molar-refractivity contribution in [2.45, 2.75) is 44.9 Å². The molecule has 1 aromatic heterocycles. The third kappa shape index (κ3) is 11.8. The van der Waals surface area contributed by atoms with Gasteiger partial charge in [-0.15, -0.1) is 0 Å². The lowest BCUT2D eigenvalue weighted by molar-refractivity contribution is -0.142. The molecule has 216 valence electrons. The highest BCUT2D eigenvalue weighted by atomic mass is 32.2. The molecular weight excluding hydrogens is 542 g/mol. The van der Waals surface area contributed by atoms with Gasteiger partial charge in [0.1, 0.15) is 12.6 Å². The fraction of sp³-hybridized carbons (Fsp3) is 0.323. The quantitative estimate of drug-likeness (QED) is 0.194. The fourth-order valence-corrected chi connectivity index (χ4v) is 4.76. The number of carbonyl (C=O) groups excluding carboxylic acids is 4. The summed E-state index contributed by atoms with van der Waals surface area (Å²) < 4.78 is 10.3. The molecule has 0 spiro atoms. The van der Waals surface area contributed by atoms with Gasteiger partial charge in [-0.1, -0.05) is 66.7 Å². The minimum absolute atomic E-state index is 0.00249. The summed E-state index contributed by atoms with van der Waals surface area (Å²) in [5.74, 6) is -0.461. The second-order valence-electron chi connectivity index (χ2n) is 9.15. The lowest BCUT2D eigenvalue weighted by Crippen LogP contribution is -2.53. The Morgan fingerprint density at radius 2 is 1.44 bits per heavy atom. The van der Waals surface area contributed by atoms with Gasteiger partial charge in [0.15, 0.2) is 5.78 Å². The van der Waals surface area contributed by atoms with Crippen LogP contribution in [0.3, 0.4) is 0 Å². The van der Waals surface area contributed by atoms with E-state index in [1.165, 1.54) is 11.8 Å². The van der Waals surface area contributed by atoms with Crippen LogP contribution in [0.1, 0.15) is 30.0 Å². The molecule has 0 unspecified atom stereocenters. The maximum Gasteiger partial charge on any atom is 0.408 e.